The van der Waals surface area contributed by atoms with E-state index in [-0.39, 0.29) is 0 Å². The summed E-state index contributed by atoms with van der Waals surface area (Å²) in [6.07, 6.45) is 7.78. The molecule has 0 aliphatic heterocycles. The van der Waals surface area contributed by atoms with Crippen LogP contribution >= 0.6 is 0 Å². The van der Waals surface area contributed by atoms with E-state index in [1.165, 1.54) is 25.7 Å². The van der Waals surface area contributed by atoms with Crippen LogP contribution in [0.15, 0.2) is 12.3 Å². The molecule has 12 heavy (non-hydrogen) atoms. The minimum atomic E-state index is 0.339. The smallest absolute Gasteiger partial charge is 0.155 e. The molecule has 0 unspecified atom stereocenters. The zero-order valence-electron chi connectivity index (χ0n) is 7.64. The maximum absolute atomic E-state index is 9.25. The Morgan fingerprint density at radius 3 is 2.75 bits per heavy atom. The minimum Gasteiger partial charge on any atom is -0.345 e. The second-order valence-corrected chi connectivity index (χ2v) is 3.16. The molecule has 1 N–H and O–H groups in total. The molecule has 1 rings (SSSR count). The number of nitrogens with zero attached hydrogens (tertiary/aromatic N) is 1. The Hall–Kier alpha value is -0.920. The van der Waals surface area contributed by atoms with Gasteiger partial charge in [0, 0.05) is 6.20 Å². The van der Waals surface area contributed by atoms with Crippen molar-refractivity contribution in [1.82, 2.24) is 10.7 Å². The Labute approximate surface area is 74.2 Å². The first kappa shape index (κ1) is 9.17. The van der Waals surface area contributed by atoms with E-state index in [0.29, 0.717) is 5.82 Å². The summed E-state index contributed by atoms with van der Waals surface area (Å²) in [5.74, 6) is 0.339. The third kappa shape index (κ3) is 2.61. The topological polar surface area (TPSA) is 38.1 Å². The fraction of sp³-hybridized carbons (Fsp3) is 0.600. The molecule has 0 aliphatic rings. The fourth-order valence-corrected chi connectivity index (χ4v) is 1.34. The number of aromatic nitrogens is 1. The van der Waals surface area contributed by atoms with E-state index in [4.69, 9.17) is 0 Å². The molecule has 1 aromatic heterocycles. The van der Waals surface area contributed by atoms with Crippen molar-refractivity contribution < 1.29 is 0 Å². The molecule has 0 aromatic carbocycles. The highest BCUT2D eigenvalue weighted by atomic mass is 14.8. The Morgan fingerprint density at radius 2 is 2.17 bits per heavy atom. The second-order valence-electron chi connectivity index (χ2n) is 3.16. The van der Waals surface area contributed by atoms with Gasteiger partial charge in [0.1, 0.15) is 0 Å². The van der Waals surface area contributed by atoms with E-state index >= 15 is 0 Å². The molecule has 66 valence electrons. The lowest BCUT2D eigenvalue weighted by Gasteiger charge is -1.97. The van der Waals surface area contributed by atoms with Crippen LogP contribution in [-0.4, -0.2) is 4.98 Å². The van der Waals surface area contributed by atoms with Gasteiger partial charge in [0.25, 0.3) is 0 Å². The number of aromatic amines is 1. The lowest BCUT2D eigenvalue weighted by atomic mass is 10.1. The van der Waals surface area contributed by atoms with Gasteiger partial charge >= 0.3 is 0 Å². The Morgan fingerprint density at radius 1 is 1.33 bits per heavy atom. The first-order chi connectivity index (χ1) is 5.84. The molecule has 1 heterocycles. The van der Waals surface area contributed by atoms with Crippen LogP contribution in [0.25, 0.3) is 0 Å². The summed E-state index contributed by atoms with van der Waals surface area (Å²) in [4.78, 5) is 2.77. The zero-order chi connectivity index (χ0) is 8.81. The molecule has 0 saturated carbocycles. The summed E-state index contributed by atoms with van der Waals surface area (Å²) in [6.45, 7) is 2.20. The Kier molecular flexibility index (Phi) is 3.71. The van der Waals surface area contributed by atoms with Crippen LogP contribution < -0.4 is 5.73 Å². The first-order valence-electron chi connectivity index (χ1n) is 4.69. The van der Waals surface area contributed by atoms with Crippen LogP contribution in [0.5, 0.6) is 0 Å². The SMILES string of the molecule is CCCCCCc1cc[nH]c1[N]. The summed E-state index contributed by atoms with van der Waals surface area (Å²) in [6, 6.07) is 1.95. The third-order valence-electron chi connectivity index (χ3n) is 2.11. The molecule has 2 heteroatoms. The molecule has 0 atom stereocenters. The maximum Gasteiger partial charge on any atom is 0.155 e. The van der Waals surface area contributed by atoms with Crippen LogP contribution in [0, 0.1) is 0 Å². The standard InChI is InChI=1S/C10H16N2/c1-2-3-4-5-6-9-7-8-12-10(9)11/h7-8,12H,2-6H2,1H3. The molecular weight excluding hydrogens is 148 g/mol. The third-order valence-corrected chi connectivity index (χ3v) is 2.11. The van der Waals surface area contributed by atoms with E-state index in [2.05, 4.69) is 11.9 Å². The van der Waals surface area contributed by atoms with Crippen LogP contribution in [0.3, 0.4) is 0 Å². The summed E-state index contributed by atoms with van der Waals surface area (Å²) >= 11 is 0. The van der Waals surface area contributed by atoms with Crippen molar-refractivity contribution in [3.05, 3.63) is 17.8 Å². The van der Waals surface area contributed by atoms with E-state index < -0.39 is 0 Å². The number of hydrogen-bond donors (Lipinski definition) is 1. The predicted molar refractivity (Wildman–Crippen MR) is 50.4 cm³/mol. The summed E-state index contributed by atoms with van der Waals surface area (Å²) in [7, 11) is 0. The predicted octanol–water partition coefficient (Wildman–Crippen LogP) is 2.84. The van der Waals surface area contributed by atoms with Crippen molar-refractivity contribution in [1.29, 1.82) is 0 Å². The highest BCUT2D eigenvalue weighted by molar-refractivity contribution is 5.35. The van der Waals surface area contributed by atoms with Gasteiger partial charge in [-0.1, -0.05) is 26.2 Å². The van der Waals surface area contributed by atoms with Gasteiger partial charge in [-0.05, 0) is 24.5 Å². The van der Waals surface area contributed by atoms with E-state index in [9.17, 15) is 5.73 Å². The minimum absolute atomic E-state index is 0.339. The van der Waals surface area contributed by atoms with Crippen molar-refractivity contribution >= 4 is 5.82 Å². The summed E-state index contributed by atoms with van der Waals surface area (Å²) in [5.41, 5.74) is 10.3. The van der Waals surface area contributed by atoms with Crippen LogP contribution in [0.4, 0.5) is 5.82 Å². The maximum atomic E-state index is 9.25. The van der Waals surface area contributed by atoms with Crippen molar-refractivity contribution in [2.24, 2.45) is 0 Å². The average molecular weight is 164 g/mol. The molecule has 2 nitrogen and oxygen atoms in total. The number of nitrogens with one attached hydrogen (secondary N) is 1. The quantitative estimate of drug-likeness (QED) is 0.650. The molecule has 0 fully saturated rings. The lowest BCUT2D eigenvalue weighted by Crippen LogP contribution is -1.84. The van der Waals surface area contributed by atoms with Gasteiger partial charge in [0.2, 0.25) is 0 Å². The molecule has 2 radical (unpaired) electrons. The van der Waals surface area contributed by atoms with Crippen molar-refractivity contribution in [2.75, 3.05) is 0 Å². The molecule has 0 aliphatic carbocycles. The number of unbranched alkanes of at least 4 members (excludes halogenated alkanes) is 3. The van der Waals surface area contributed by atoms with E-state index in [1.54, 1.807) is 6.20 Å². The number of aryl methyl sites for hydroxylation is 1. The molecule has 0 bridgehead atoms. The lowest BCUT2D eigenvalue weighted by molar-refractivity contribution is 0.667. The average Bonchev–Trinajstić information content (AvgIpc) is 2.46. The second kappa shape index (κ2) is 4.86. The highest BCUT2D eigenvalue weighted by Gasteiger charge is 1.99. The Balaban J connectivity index is 2.20. The van der Waals surface area contributed by atoms with Crippen molar-refractivity contribution in [3.63, 3.8) is 0 Å². The van der Waals surface area contributed by atoms with E-state index in [1.807, 2.05) is 6.07 Å². The molecular formula is C10H16N2. The number of rotatable bonds is 5. The van der Waals surface area contributed by atoms with Crippen molar-refractivity contribution in [3.8, 4) is 0 Å². The van der Waals surface area contributed by atoms with Gasteiger partial charge in [0.05, 0.1) is 0 Å². The number of hydrogen-bond acceptors (Lipinski definition) is 0. The monoisotopic (exact) mass is 164 g/mol. The van der Waals surface area contributed by atoms with E-state index in [0.717, 1.165) is 12.0 Å². The fourth-order valence-electron chi connectivity index (χ4n) is 1.34. The van der Waals surface area contributed by atoms with Gasteiger partial charge in [0.15, 0.2) is 5.82 Å². The molecule has 0 amide bonds. The molecule has 0 saturated heterocycles. The van der Waals surface area contributed by atoms with Crippen molar-refractivity contribution in [2.45, 2.75) is 39.0 Å². The summed E-state index contributed by atoms with van der Waals surface area (Å²) < 4.78 is 0. The molecule has 0 spiro atoms. The normalized spacial score (nSPS) is 10.4. The zero-order valence-corrected chi connectivity index (χ0v) is 7.64. The Bertz CT molecular complexity index is 215. The molecule has 1 aromatic rings. The van der Waals surface area contributed by atoms with Crippen LogP contribution in [0.2, 0.25) is 0 Å². The largest absolute Gasteiger partial charge is 0.345 e. The van der Waals surface area contributed by atoms with Crippen LogP contribution in [0.1, 0.15) is 38.2 Å². The van der Waals surface area contributed by atoms with Gasteiger partial charge in [-0.25, -0.2) is 0 Å². The van der Waals surface area contributed by atoms with Gasteiger partial charge in [-0.15, -0.1) is 5.73 Å². The first-order valence-corrected chi connectivity index (χ1v) is 4.69. The van der Waals surface area contributed by atoms with Crippen LogP contribution in [-0.2, 0) is 6.42 Å². The van der Waals surface area contributed by atoms with Gasteiger partial charge in [-0.2, -0.15) is 0 Å². The van der Waals surface area contributed by atoms with Gasteiger partial charge in [-0.3, -0.25) is 0 Å². The highest BCUT2D eigenvalue weighted by Crippen LogP contribution is 2.14. The number of H-pyrrole nitrogens is 1. The summed E-state index contributed by atoms with van der Waals surface area (Å²) in [5, 5.41) is 0. The van der Waals surface area contributed by atoms with Gasteiger partial charge < -0.3 is 4.98 Å².